The van der Waals surface area contributed by atoms with Gasteiger partial charge in [-0.2, -0.15) is 0 Å². The highest BCUT2D eigenvalue weighted by molar-refractivity contribution is 7.19. The second kappa shape index (κ2) is 10.7. The fourth-order valence-electron chi connectivity index (χ4n) is 5.56. The first kappa shape index (κ1) is 24.8. The zero-order valence-corrected chi connectivity index (χ0v) is 22.1. The fourth-order valence-corrected chi connectivity index (χ4v) is 6.79. The lowest BCUT2D eigenvalue weighted by Gasteiger charge is -2.39. The normalized spacial score (nSPS) is 16.7. The van der Waals surface area contributed by atoms with E-state index in [1.807, 2.05) is 35.6 Å². The molecule has 4 aromatic rings. The van der Waals surface area contributed by atoms with Crippen LogP contribution in [-0.2, 0) is 17.6 Å². The quantitative estimate of drug-likeness (QED) is 0.368. The molecular weight excluding hydrogens is 501 g/mol. The number of nitrogens with zero attached hydrogens (tertiary/aromatic N) is 4. The Morgan fingerprint density at radius 1 is 1.00 bits per heavy atom. The third-order valence-corrected chi connectivity index (χ3v) is 8.70. The molecule has 1 amide bonds. The fraction of sp³-hybridized carbons (Fsp3) is 0.345. The van der Waals surface area contributed by atoms with Gasteiger partial charge in [0.2, 0.25) is 5.91 Å². The number of halogens is 1. The Morgan fingerprint density at radius 3 is 2.47 bits per heavy atom. The van der Waals surface area contributed by atoms with E-state index >= 15 is 0 Å². The van der Waals surface area contributed by atoms with Crippen molar-refractivity contribution in [3.05, 3.63) is 76.7 Å². The zero-order valence-electron chi connectivity index (χ0n) is 21.3. The summed E-state index contributed by atoms with van der Waals surface area (Å²) in [6.45, 7) is 2.83. The number of fused-ring (bicyclic) bond motifs is 3. The van der Waals surface area contributed by atoms with E-state index in [0.29, 0.717) is 18.8 Å². The standard InChI is InChI=1S/C29H30FN5O2S/c1-37-22-12-10-21(11-13-22)33-28(36)26(19-6-8-20(30)9-7-19)34-14-16-35(17-15-34)27-25-23-4-2-3-5-24(23)38-29(25)32-18-31-27/h6-13,18,26H,2-5,14-17H2,1H3,(H,33,36). The van der Waals surface area contributed by atoms with Crippen LogP contribution in [0.1, 0.15) is 34.9 Å². The molecule has 0 spiro atoms. The number of hydrogen-bond donors (Lipinski definition) is 1. The summed E-state index contributed by atoms with van der Waals surface area (Å²) >= 11 is 1.81. The zero-order chi connectivity index (χ0) is 26.1. The summed E-state index contributed by atoms with van der Waals surface area (Å²) in [7, 11) is 1.61. The number of aromatic nitrogens is 2. The molecule has 1 N–H and O–H groups in total. The molecule has 2 aromatic carbocycles. The van der Waals surface area contributed by atoms with Crippen molar-refractivity contribution in [2.45, 2.75) is 31.7 Å². The van der Waals surface area contributed by atoms with E-state index in [-0.39, 0.29) is 11.7 Å². The predicted octanol–water partition coefficient (Wildman–Crippen LogP) is 5.22. The topological polar surface area (TPSA) is 70.6 Å². The lowest BCUT2D eigenvalue weighted by atomic mass is 9.97. The Balaban J connectivity index is 1.23. The van der Waals surface area contributed by atoms with Crippen LogP contribution in [0.2, 0.25) is 0 Å². The molecule has 0 radical (unpaired) electrons. The van der Waals surface area contributed by atoms with Crippen LogP contribution in [0.3, 0.4) is 0 Å². The summed E-state index contributed by atoms with van der Waals surface area (Å²) in [4.78, 5) is 29.9. The maximum atomic E-state index is 13.7. The van der Waals surface area contributed by atoms with E-state index in [4.69, 9.17) is 9.72 Å². The second-order valence-corrected chi connectivity index (χ2v) is 10.9. The van der Waals surface area contributed by atoms with Gasteiger partial charge in [-0.05, 0) is 73.2 Å². The lowest BCUT2D eigenvalue weighted by Crippen LogP contribution is -2.50. The van der Waals surface area contributed by atoms with Crippen molar-refractivity contribution in [3.8, 4) is 5.75 Å². The predicted molar refractivity (Wildman–Crippen MR) is 149 cm³/mol. The number of hydrogen-bond acceptors (Lipinski definition) is 7. The van der Waals surface area contributed by atoms with Gasteiger partial charge in [-0.15, -0.1) is 11.3 Å². The Hall–Kier alpha value is -3.56. The monoisotopic (exact) mass is 531 g/mol. The highest BCUT2D eigenvalue weighted by Crippen LogP contribution is 2.39. The van der Waals surface area contributed by atoms with Crippen molar-refractivity contribution in [1.82, 2.24) is 14.9 Å². The van der Waals surface area contributed by atoms with E-state index < -0.39 is 6.04 Å². The summed E-state index contributed by atoms with van der Waals surface area (Å²) in [5.41, 5.74) is 2.88. The molecule has 196 valence electrons. The van der Waals surface area contributed by atoms with E-state index in [1.165, 1.54) is 40.8 Å². The number of ether oxygens (including phenoxy) is 1. The Labute approximate surface area is 225 Å². The van der Waals surface area contributed by atoms with Crippen molar-refractivity contribution < 1.29 is 13.9 Å². The third-order valence-electron chi connectivity index (χ3n) is 7.50. The number of piperazine rings is 1. The summed E-state index contributed by atoms with van der Waals surface area (Å²) in [6, 6.07) is 12.9. The van der Waals surface area contributed by atoms with Gasteiger partial charge < -0.3 is 15.0 Å². The first-order valence-electron chi connectivity index (χ1n) is 13.1. The smallest absolute Gasteiger partial charge is 0.246 e. The summed E-state index contributed by atoms with van der Waals surface area (Å²) < 4.78 is 19.0. The van der Waals surface area contributed by atoms with Gasteiger partial charge in [0.15, 0.2) is 0 Å². The van der Waals surface area contributed by atoms with E-state index in [0.717, 1.165) is 47.9 Å². The van der Waals surface area contributed by atoms with Crippen molar-refractivity contribution in [2.24, 2.45) is 0 Å². The number of rotatable bonds is 6. The molecule has 1 fully saturated rings. The maximum absolute atomic E-state index is 13.7. The van der Waals surface area contributed by atoms with Crippen molar-refractivity contribution in [2.75, 3.05) is 43.5 Å². The number of amides is 1. The van der Waals surface area contributed by atoms with E-state index in [9.17, 15) is 9.18 Å². The highest BCUT2D eigenvalue weighted by atomic mass is 32.1. The van der Waals surface area contributed by atoms with E-state index in [2.05, 4.69) is 20.1 Å². The minimum atomic E-state index is -0.542. The number of thiophene rings is 1. The second-order valence-electron chi connectivity index (χ2n) is 9.78. The Morgan fingerprint density at radius 2 is 1.74 bits per heavy atom. The first-order chi connectivity index (χ1) is 18.6. The Kier molecular flexibility index (Phi) is 6.95. The molecule has 1 aliphatic heterocycles. The van der Waals surface area contributed by atoms with Gasteiger partial charge in [-0.1, -0.05) is 12.1 Å². The molecule has 2 aliphatic rings. The summed E-state index contributed by atoms with van der Waals surface area (Å²) in [6.07, 6.45) is 6.35. The molecule has 1 saturated heterocycles. The minimum absolute atomic E-state index is 0.147. The van der Waals surface area contributed by atoms with Crippen molar-refractivity contribution in [1.29, 1.82) is 0 Å². The van der Waals surface area contributed by atoms with Gasteiger partial charge in [0.1, 0.15) is 34.6 Å². The van der Waals surface area contributed by atoms with Crippen LogP contribution in [0.5, 0.6) is 5.75 Å². The molecule has 1 atom stereocenters. The van der Waals surface area contributed by atoms with Gasteiger partial charge in [0.25, 0.3) is 0 Å². The molecule has 0 bridgehead atoms. The summed E-state index contributed by atoms with van der Waals surface area (Å²) in [5.74, 6) is 1.27. The molecule has 1 unspecified atom stereocenters. The largest absolute Gasteiger partial charge is 0.497 e. The van der Waals surface area contributed by atoms with Crippen LogP contribution in [-0.4, -0.2) is 54.1 Å². The van der Waals surface area contributed by atoms with Crippen LogP contribution in [0, 0.1) is 5.82 Å². The number of anilines is 2. The SMILES string of the molecule is COc1ccc(NC(=O)C(c2ccc(F)cc2)N2CCN(c3ncnc4sc5c(c34)CCCC5)CC2)cc1. The molecule has 0 saturated carbocycles. The van der Waals surface area contributed by atoms with Gasteiger partial charge >= 0.3 is 0 Å². The molecule has 9 heteroatoms. The minimum Gasteiger partial charge on any atom is -0.497 e. The van der Waals surface area contributed by atoms with Crippen LogP contribution >= 0.6 is 11.3 Å². The highest BCUT2D eigenvalue weighted by Gasteiger charge is 2.32. The molecule has 2 aromatic heterocycles. The van der Waals surface area contributed by atoms with Crippen molar-refractivity contribution in [3.63, 3.8) is 0 Å². The molecule has 38 heavy (non-hydrogen) atoms. The van der Waals surface area contributed by atoms with Gasteiger partial charge in [-0.25, -0.2) is 14.4 Å². The molecule has 3 heterocycles. The third kappa shape index (κ3) is 4.83. The van der Waals surface area contributed by atoms with Crippen LogP contribution in [0.4, 0.5) is 15.9 Å². The Bertz CT molecular complexity index is 1430. The van der Waals surface area contributed by atoms with Crippen LogP contribution < -0.4 is 15.0 Å². The first-order valence-corrected chi connectivity index (χ1v) is 13.9. The number of benzene rings is 2. The van der Waals surface area contributed by atoms with Gasteiger partial charge in [0.05, 0.1) is 12.5 Å². The molecule has 6 rings (SSSR count). The van der Waals surface area contributed by atoms with Crippen LogP contribution in [0.15, 0.2) is 54.9 Å². The average Bonchev–Trinajstić information content (AvgIpc) is 3.34. The van der Waals surface area contributed by atoms with Crippen LogP contribution in [0.25, 0.3) is 10.2 Å². The number of carbonyl (C=O) groups is 1. The lowest BCUT2D eigenvalue weighted by molar-refractivity contribution is -0.121. The average molecular weight is 532 g/mol. The number of nitrogens with one attached hydrogen (secondary N) is 1. The molecular formula is C29H30FN5O2S. The summed E-state index contributed by atoms with van der Waals surface area (Å²) in [5, 5.41) is 4.25. The maximum Gasteiger partial charge on any atom is 0.246 e. The van der Waals surface area contributed by atoms with Gasteiger partial charge in [-0.3, -0.25) is 9.69 Å². The number of methoxy groups -OCH3 is 1. The van der Waals surface area contributed by atoms with Crippen molar-refractivity contribution >= 4 is 39.0 Å². The molecule has 1 aliphatic carbocycles. The number of aryl methyl sites for hydroxylation is 2. The van der Waals surface area contributed by atoms with E-state index in [1.54, 1.807) is 25.6 Å². The van der Waals surface area contributed by atoms with Gasteiger partial charge in [0, 0.05) is 36.7 Å². The number of carbonyl (C=O) groups excluding carboxylic acids is 1. The molecule has 7 nitrogen and oxygen atoms in total.